The van der Waals surface area contributed by atoms with E-state index in [1.165, 1.54) is 31.2 Å². The van der Waals surface area contributed by atoms with Gasteiger partial charge < -0.3 is 5.32 Å². The van der Waals surface area contributed by atoms with Crippen molar-refractivity contribution in [3.63, 3.8) is 0 Å². The van der Waals surface area contributed by atoms with Gasteiger partial charge in [-0.2, -0.15) is 0 Å². The molecule has 1 unspecified atom stereocenters. The van der Waals surface area contributed by atoms with Gasteiger partial charge in [0.2, 0.25) is 0 Å². The Morgan fingerprint density at radius 3 is 2.80 bits per heavy atom. The van der Waals surface area contributed by atoms with Gasteiger partial charge in [-0.25, -0.2) is 4.39 Å². The second-order valence-corrected chi connectivity index (χ2v) is 4.92. The summed E-state index contributed by atoms with van der Waals surface area (Å²) in [4.78, 5) is 0. The second kappa shape index (κ2) is 2.97. The van der Waals surface area contributed by atoms with Crippen molar-refractivity contribution in [3.8, 4) is 0 Å². The van der Waals surface area contributed by atoms with Crippen molar-refractivity contribution in [2.24, 2.45) is 0 Å². The van der Waals surface area contributed by atoms with Crippen LogP contribution in [0.1, 0.15) is 38.2 Å². The average Bonchev–Trinajstić information content (AvgIpc) is 2.78. The molecule has 1 aliphatic heterocycles. The van der Waals surface area contributed by atoms with Crippen molar-refractivity contribution in [3.05, 3.63) is 29.6 Å². The van der Waals surface area contributed by atoms with Gasteiger partial charge in [0.15, 0.2) is 0 Å². The van der Waals surface area contributed by atoms with Gasteiger partial charge in [0.25, 0.3) is 0 Å². The van der Waals surface area contributed by atoms with E-state index in [1.54, 1.807) is 12.1 Å². The van der Waals surface area contributed by atoms with Crippen LogP contribution in [0.25, 0.3) is 0 Å². The SMILES string of the molecule is CC1Nc2ccc(F)cc2C12CCCC2. The lowest BCUT2D eigenvalue weighted by Crippen LogP contribution is -2.33. The molecule has 2 aliphatic rings. The Morgan fingerprint density at radius 2 is 2.07 bits per heavy atom. The molecule has 1 fully saturated rings. The van der Waals surface area contributed by atoms with E-state index in [0.717, 1.165) is 5.69 Å². The maximum atomic E-state index is 13.3. The average molecular weight is 205 g/mol. The zero-order chi connectivity index (χ0) is 10.5. The minimum atomic E-state index is -0.101. The lowest BCUT2D eigenvalue weighted by Gasteiger charge is -2.28. The van der Waals surface area contributed by atoms with Crippen molar-refractivity contribution in [1.82, 2.24) is 0 Å². The highest BCUT2D eigenvalue weighted by Crippen LogP contribution is 2.51. The molecule has 80 valence electrons. The number of halogens is 1. The predicted molar refractivity (Wildman–Crippen MR) is 59.6 cm³/mol. The van der Waals surface area contributed by atoms with Gasteiger partial charge in [-0.15, -0.1) is 0 Å². The fourth-order valence-electron chi connectivity index (χ4n) is 3.37. The molecule has 0 saturated heterocycles. The second-order valence-electron chi connectivity index (χ2n) is 4.92. The monoisotopic (exact) mass is 205 g/mol. The smallest absolute Gasteiger partial charge is 0.123 e. The Hall–Kier alpha value is -1.05. The molecular formula is C13H16FN. The molecule has 1 N–H and O–H groups in total. The van der Waals surface area contributed by atoms with Crippen LogP contribution in [0.4, 0.5) is 10.1 Å². The van der Waals surface area contributed by atoms with Gasteiger partial charge in [-0.1, -0.05) is 12.8 Å². The predicted octanol–water partition coefficient (Wildman–Crippen LogP) is 3.45. The van der Waals surface area contributed by atoms with Crippen molar-refractivity contribution in [1.29, 1.82) is 0 Å². The van der Waals surface area contributed by atoms with Gasteiger partial charge in [-0.05, 0) is 43.5 Å². The molecule has 1 atom stereocenters. The molecule has 0 amide bonds. The van der Waals surface area contributed by atoms with Crippen LogP contribution in [-0.2, 0) is 5.41 Å². The van der Waals surface area contributed by atoms with Crippen LogP contribution in [0, 0.1) is 5.82 Å². The molecule has 0 bridgehead atoms. The minimum Gasteiger partial charge on any atom is -0.381 e. The van der Waals surface area contributed by atoms with Crippen molar-refractivity contribution in [2.75, 3.05) is 5.32 Å². The fraction of sp³-hybridized carbons (Fsp3) is 0.538. The van der Waals surface area contributed by atoms with E-state index in [9.17, 15) is 4.39 Å². The topological polar surface area (TPSA) is 12.0 Å². The van der Waals surface area contributed by atoms with Gasteiger partial charge in [0.05, 0.1) is 0 Å². The first-order valence-corrected chi connectivity index (χ1v) is 5.79. The summed E-state index contributed by atoms with van der Waals surface area (Å²) in [6, 6.07) is 5.62. The number of nitrogens with one attached hydrogen (secondary N) is 1. The van der Waals surface area contributed by atoms with Gasteiger partial charge >= 0.3 is 0 Å². The molecule has 1 saturated carbocycles. The van der Waals surface area contributed by atoms with Crippen LogP contribution >= 0.6 is 0 Å². The summed E-state index contributed by atoms with van der Waals surface area (Å²) in [5.41, 5.74) is 2.58. The van der Waals surface area contributed by atoms with Crippen LogP contribution in [0.5, 0.6) is 0 Å². The summed E-state index contributed by atoms with van der Waals surface area (Å²) < 4.78 is 13.3. The van der Waals surface area contributed by atoms with Gasteiger partial charge in [-0.3, -0.25) is 0 Å². The van der Waals surface area contributed by atoms with Crippen LogP contribution in [0.3, 0.4) is 0 Å². The molecule has 3 rings (SSSR count). The largest absolute Gasteiger partial charge is 0.381 e. The van der Waals surface area contributed by atoms with Crippen LogP contribution in [-0.4, -0.2) is 6.04 Å². The molecule has 15 heavy (non-hydrogen) atoms. The molecule has 1 heterocycles. The maximum absolute atomic E-state index is 13.3. The third-order valence-electron chi connectivity index (χ3n) is 4.21. The van der Waals surface area contributed by atoms with E-state index >= 15 is 0 Å². The summed E-state index contributed by atoms with van der Waals surface area (Å²) in [6.45, 7) is 2.23. The Morgan fingerprint density at radius 1 is 1.33 bits per heavy atom. The number of rotatable bonds is 0. The minimum absolute atomic E-state index is 0.101. The molecule has 1 aliphatic carbocycles. The highest BCUT2D eigenvalue weighted by Gasteiger charge is 2.46. The standard InChI is InChI=1S/C13H16FN/c1-9-13(6-2-3-7-13)11-8-10(14)4-5-12(11)15-9/h4-5,8-9,15H,2-3,6-7H2,1H3. The number of hydrogen-bond acceptors (Lipinski definition) is 1. The van der Waals surface area contributed by atoms with Crippen LogP contribution in [0.15, 0.2) is 18.2 Å². The highest BCUT2D eigenvalue weighted by atomic mass is 19.1. The van der Waals surface area contributed by atoms with E-state index in [1.807, 2.05) is 6.07 Å². The van der Waals surface area contributed by atoms with E-state index in [2.05, 4.69) is 12.2 Å². The summed E-state index contributed by atoms with van der Waals surface area (Å²) in [5, 5.41) is 3.49. The lowest BCUT2D eigenvalue weighted by molar-refractivity contribution is 0.409. The van der Waals surface area contributed by atoms with Crippen LogP contribution in [0.2, 0.25) is 0 Å². The molecule has 1 spiro atoms. The number of fused-ring (bicyclic) bond motifs is 2. The first kappa shape index (κ1) is 9.20. The van der Waals surface area contributed by atoms with Crippen molar-refractivity contribution < 1.29 is 4.39 Å². The van der Waals surface area contributed by atoms with Gasteiger partial charge in [0, 0.05) is 17.1 Å². The van der Waals surface area contributed by atoms with Crippen LogP contribution < -0.4 is 5.32 Å². The number of benzene rings is 1. The Kier molecular flexibility index (Phi) is 1.82. The fourth-order valence-corrected chi connectivity index (χ4v) is 3.37. The third-order valence-corrected chi connectivity index (χ3v) is 4.21. The van der Waals surface area contributed by atoms with E-state index in [-0.39, 0.29) is 11.2 Å². The first-order valence-electron chi connectivity index (χ1n) is 5.79. The first-order chi connectivity index (χ1) is 7.22. The number of hydrogen-bond donors (Lipinski definition) is 1. The lowest BCUT2D eigenvalue weighted by atomic mass is 9.76. The van der Waals surface area contributed by atoms with Crippen molar-refractivity contribution >= 4 is 5.69 Å². The summed E-state index contributed by atoms with van der Waals surface area (Å²) in [5.74, 6) is -0.101. The summed E-state index contributed by atoms with van der Waals surface area (Å²) >= 11 is 0. The quantitative estimate of drug-likeness (QED) is 0.684. The van der Waals surface area contributed by atoms with Gasteiger partial charge in [0.1, 0.15) is 5.82 Å². The normalized spacial score (nSPS) is 26.7. The van der Waals surface area contributed by atoms with Crippen molar-refractivity contribution in [2.45, 2.75) is 44.1 Å². The van der Waals surface area contributed by atoms with E-state index in [0.29, 0.717) is 6.04 Å². The van der Waals surface area contributed by atoms with E-state index in [4.69, 9.17) is 0 Å². The molecule has 1 nitrogen and oxygen atoms in total. The maximum Gasteiger partial charge on any atom is 0.123 e. The summed E-state index contributed by atoms with van der Waals surface area (Å²) in [6.07, 6.45) is 4.97. The molecule has 0 aromatic heterocycles. The zero-order valence-corrected chi connectivity index (χ0v) is 9.02. The molecule has 0 radical (unpaired) electrons. The Bertz CT molecular complexity index is 394. The Labute approximate surface area is 89.7 Å². The zero-order valence-electron chi connectivity index (χ0n) is 9.02. The molecule has 1 aromatic carbocycles. The summed E-state index contributed by atoms with van der Waals surface area (Å²) in [7, 11) is 0. The third kappa shape index (κ3) is 1.14. The highest BCUT2D eigenvalue weighted by molar-refractivity contribution is 5.62. The van der Waals surface area contributed by atoms with E-state index < -0.39 is 0 Å². The molecule has 2 heteroatoms. The molecule has 1 aromatic rings. The number of anilines is 1. The Balaban J connectivity index is 2.15. The molecular weight excluding hydrogens is 189 g/mol.